The second-order valence-corrected chi connectivity index (χ2v) is 7.61. The lowest BCUT2D eigenvalue weighted by Gasteiger charge is -2.10. The summed E-state index contributed by atoms with van der Waals surface area (Å²) >= 11 is 1.26. The number of rotatable bonds is 11. The highest BCUT2D eigenvalue weighted by Crippen LogP contribution is 2.21. The van der Waals surface area contributed by atoms with Gasteiger partial charge in [0.05, 0.1) is 25.5 Å². The molecule has 3 aromatic rings. The number of amides is 1. The minimum Gasteiger partial charge on any atom is -0.497 e. The predicted octanol–water partition coefficient (Wildman–Crippen LogP) is 3.57. The highest BCUT2D eigenvalue weighted by molar-refractivity contribution is 7.99. The van der Waals surface area contributed by atoms with Crippen LogP contribution < -0.4 is 14.8 Å². The zero-order valence-electron chi connectivity index (χ0n) is 18.3. The van der Waals surface area contributed by atoms with E-state index in [2.05, 4.69) is 26.8 Å². The number of carbonyl (C=O) groups is 2. The Morgan fingerprint density at radius 3 is 2.39 bits per heavy atom. The van der Waals surface area contributed by atoms with E-state index >= 15 is 0 Å². The fraction of sp³-hybridized carbons (Fsp3) is 0.217. The monoisotopic (exact) mass is 468 g/mol. The van der Waals surface area contributed by atoms with E-state index in [1.165, 1.54) is 18.9 Å². The maximum atomic E-state index is 12.4. The molecule has 0 radical (unpaired) electrons. The van der Waals surface area contributed by atoms with Crippen LogP contribution >= 0.6 is 11.8 Å². The van der Waals surface area contributed by atoms with E-state index in [-0.39, 0.29) is 18.3 Å². The first-order chi connectivity index (χ1) is 16.0. The maximum Gasteiger partial charge on any atom is 0.337 e. The molecule has 0 bridgehead atoms. The van der Waals surface area contributed by atoms with E-state index in [1.54, 1.807) is 37.5 Å². The molecule has 33 heavy (non-hydrogen) atoms. The van der Waals surface area contributed by atoms with Gasteiger partial charge in [-0.25, -0.2) is 4.79 Å². The van der Waals surface area contributed by atoms with Gasteiger partial charge in [-0.1, -0.05) is 17.8 Å². The molecule has 0 saturated carbocycles. The number of ether oxygens (including phenoxy) is 3. The van der Waals surface area contributed by atoms with Gasteiger partial charge in [-0.2, -0.15) is 0 Å². The smallest absolute Gasteiger partial charge is 0.337 e. The van der Waals surface area contributed by atoms with Crippen molar-refractivity contribution in [2.24, 2.45) is 0 Å². The van der Waals surface area contributed by atoms with E-state index < -0.39 is 5.97 Å². The zero-order valence-corrected chi connectivity index (χ0v) is 19.1. The molecular formula is C23H24N4O5S. The van der Waals surface area contributed by atoms with E-state index in [1.807, 2.05) is 28.8 Å². The Morgan fingerprint density at radius 1 is 1.06 bits per heavy atom. The largest absolute Gasteiger partial charge is 0.497 e. The molecule has 10 heteroatoms. The van der Waals surface area contributed by atoms with Gasteiger partial charge in [-0.15, -0.1) is 16.8 Å². The number of nitrogens with one attached hydrogen (secondary N) is 1. The molecule has 2 aromatic carbocycles. The lowest BCUT2D eigenvalue weighted by molar-refractivity contribution is -0.113. The van der Waals surface area contributed by atoms with E-state index in [9.17, 15) is 9.59 Å². The Labute approximate surface area is 195 Å². The average molecular weight is 469 g/mol. The number of esters is 1. The van der Waals surface area contributed by atoms with Crippen LogP contribution in [0.4, 0.5) is 5.69 Å². The lowest BCUT2D eigenvalue weighted by atomic mass is 10.2. The third kappa shape index (κ3) is 6.59. The molecule has 1 aromatic heterocycles. The molecule has 9 nitrogen and oxygen atoms in total. The van der Waals surface area contributed by atoms with Crippen LogP contribution in [0, 0.1) is 0 Å². The van der Waals surface area contributed by atoms with Crippen molar-refractivity contribution >= 4 is 29.3 Å². The molecule has 0 spiro atoms. The summed E-state index contributed by atoms with van der Waals surface area (Å²) < 4.78 is 17.4. The van der Waals surface area contributed by atoms with Crippen molar-refractivity contribution in [1.82, 2.24) is 14.8 Å². The topological polar surface area (TPSA) is 105 Å². The first kappa shape index (κ1) is 23.9. The minimum atomic E-state index is -0.434. The van der Waals surface area contributed by atoms with Crippen LogP contribution in [0.1, 0.15) is 16.2 Å². The molecule has 0 unspecified atom stereocenters. The fourth-order valence-corrected chi connectivity index (χ4v) is 3.57. The molecule has 1 heterocycles. The van der Waals surface area contributed by atoms with Crippen molar-refractivity contribution in [3.63, 3.8) is 0 Å². The van der Waals surface area contributed by atoms with Gasteiger partial charge in [0.15, 0.2) is 11.0 Å². The molecule has 1 amide bonds. The number of benzene rings is 2. The molecule has 0 saturated heterocycles. The predicted molar refractivity (Wildman–Crippen MR) is 125 cm³/mol. The van der Waals surface area contributed by atoms with Crippen LogP contribution in [-0.4, -0.2) is 46.6 Å². The van der Waals surface area contributed by atoms with E-state index in [0.717, 1.165) is 5.75 Å². The molecule has 0 aliphatic carbocycles. The standard InChI is InChI=1S/C23H24N4O5S/c1-4-13-27-20(14-32-19-11-9-18(30-2)10-12-19)25-26-23(27)33-15-21(28)24-17-7-5-16(6-8-17)22(29)31-3/h4-12H,1,13-15H2,2-3H3,(H,24,28). The van der Waals surface area contributed by atoms with Gasteiger partial charge < -0.3 is 19.5 Å². The molecule has 3 rings (SSSR count). The van der Waals surface area contributed by atoms with E-state index in [0.29, 0.717) is 34.5 Å². The Bertz CT molecular complexity index is 1100. The summed E-state index contributed by atoms with van der Waals surface area (Å²) in [5.74, 6) is 1.52. The summed E-state index contributed by atoms with van der Waals surface area (Å²) in [5.41, 5.74) is 0.987. The Balaban J connectivity index is 1.57. The normalized spacial score (nSPS) is 10.4. The van der Waals surface area contributed by atoms with Crippen molar-refractivity contribution in [1.29, 1.82) is 0 Å². The molecular weight excluding hydrogens is 444 g/mol. The Hall–Kier alpha value is -3.79. The van der Waals surface area contributed by atoms with Gasteiger partial charge in [-0.05, 0) is 48.5 Å². The summed E-state index contributed by atoms with van der Waals surface area (Å²) in [6.45, 7) is 4.47. The lowest BCUT2D eigenvalue weighted by Crippen LogP contribution is -2.15. The van der Waals surface area contributed by atoms with Crippen LogP contribution in [0.2, 0.25) is 0 Å². The third-order valence-electron chi connectivity index (χ3n) is 4.45. The van der Waals surface area contributed by atoms with Crippen LogP contribution in [-0.2, 0) is 22.7 Å². The first-order valence-corrected chi connectivity index (χ1v) is 10.9. The Morgan fingerprint density at radius 2 is 1.76 bits per heavy atom. The number of carbonyl (C=O) groups excluding carboxylic acids is 2. The second kappa shape index (κ2) is 11.7. The molecule has 172 valence electrons. The quantitative estimate of drug-likeness (QED) is 0.259. The van der Waals surface area contributed by atoms with E-state index in [4.69, 9.17) is 9.47 Å². The molecule has 0 aliphatic rings. The number of hydrogen-bond donors (Lipinski definition) is 1. The van der Waals surface area contributed by atoms with Crippen molar-refractivity contribution < 1.29 is 23.8 Å². The van der Waals surface area contributed by atoms with Crippen LogP contribution in [0.5, 0.6) is 11.5 Å². The van der Waals surface area contributed by atoms with Crippen molar-refractivity contribution in [3.8, 4) is 11.5 Å². The number of methoxy groups -OCH3 is 2. The molecule has 0 atom stereocenters. The van der Waals surface area contributed by atoms with Crippen molar-refractivity contribution in [3.05, 3.63) is 72.6 Å². The van der Waals surface area contributed by atoms with Crippen LogP contribution in [0.15, 0.2) is 66.3 Å². The minimum absolute atomic E-state index is 0.132. The molecule has 0 aliphatic heterocycles. The first-order valence-electron chi connectivity index (χ1n) is 9.95. The fourth-order valence-electron chi connectivity index (χ4n) is 2.80. The number of hydrogen-bond acceptors (Lipinski definition) is 8. The number of anilines is 1. The van der Waals surface area contributed by atoms with Gasteiger partial charge in [0.2, 0.25) is 5.91 Å². The second-order valence-electron chi connectivity index (χ2n) is 6.67. The van der Waals surface area contributed by atoms with Gasteiger partial charge >= 0.3 is 5.97 Å². The number of nitrogens with zero attached hydrogens (tertiary/aromatic N) is 3. The summed E-state index contributed by atoms with van der Waals surface area (Å²) in [5, 5.41) is 11.8. The zero-order chi connectivity index (χ0) is 23.6. The van der Waals surface area contributed by atoms with Gasteiger partial charge in [0.1, 0.15) is 18.1 Å². The molecule has 0 fully saturated rings. The van der Waals surface area contributed by atoms with Gasteiger partial charge in [0, 0.05) is 12.2 Å². The summed E-state index contributed by atoms with van der Waals surface area (Å²) in [4.78, 5) is 23.9. The highest BCUT2D eigenvalue weighted by Gasteiger charge is 2.14. The molecule has 1 N–H and O–H groups in total. The van der Waals surface area contributed by atoms with Gasteiger partial charge in [-0.3, -0.25) is 9.36 Å². The highest BCUT2D eigenvalue weighted by atomic mass is 32.2. The number of aromatic nitrogens is 3. The SMILES string of the molecule is C=CCn1c(COc2ccc(OC)cc2)nnc1SCC(=O)Nc1ccc(C(=O)OC)cc1. The average Bonchev–Trinajstić information content (AvgIpc) is 3.23. The summed E-state index contributed by atoms with van der Waals surface area (Å²) in [6.07, 6.45) is 1.73. The Kier molecular flexibility index (Phi) is 8.48. The number of thioether (sulfide) groups is 1. The van der Waals surface area contributed by atoms with Crippen molar-refractivity contribution in [2.45, 2.75) is 18.3 Å². The van der Waals surface area contributed by atoms with Crippen molar-refractivity contribution in [2.75, 3.05) is 25.3 Å². The third-order valence-corrected chi connectivity index (χ3v) is 5.42. The van der Waals surface area contributed by atoms with Crippen LogP contribution in [0.3, 0.4) is 0 Å². The maximum absolute atomic E-state index is 12.4. The number of allylic oxidation sites excluding steroid dienone is 1. The van der Waals surface area contributed by atoms with Gasteiger partial charge in [0.25, 0.3) is 0 Å². The summed E-state index contributed by atoms with van der Waals surface area (Å²) in [6, 6.07) is 13.7. The summed E-state index contributed by atoms with van der Waals surface area (Å²) in [7, 11) is 2.92. The van der Waals surface area contributed by atoms with Crippen LogP contribution in [0.25, 0.3) is 0 Å².